The first-order chi connectivity index (χ1) is 9.06. The van der Waals surface area contributed by atoms with Gasteiger partial charge in [-0.1, -0.05) is 6.07 Å². The van der Waals surface area contributed by atoms with Gasteiger partial charge in [-0.15, -0.1) is 16.4 Å². The van der Waals surface area contributed by atoms with Crippen LogP contribution in [-0.2, 0) is 17.8 Å². The number of likely N-dealkylation sites (N-methyl/N-ethyl adjacent to an activating group) is 1. The summed E-state index contributed by atoms with van der Waals surface area (Å²) < 4.78 is 1.45. The van der Waals surface area contributed by atoms with E-state index < -0.39 is 0 Å². The highest BCUT2D eigenvalue weighted by Crippen LogP contribution is 2.13. The molecular formula is C12H17N5OS. The summed E-state index contributed by atoms with van der Waals surface area (Å²) >= 11 is 1.71. The van der Waals surface area contributed by atoms with Gasteiger partial charge in [-0.25, -0.2) is 9.67 Å². The highest BCUT2D eigenvalue weighted by Gasteiger charge is 2.17. The molecule has 2 heterocycles. The maximum Gasteiger partial charge on any atom is 0.244 e. The lowest BCUT2D eigenvalue weighted by Crippen LogP contribution is -2.38. The summed E-state index contributed by atoms with van der Waals surface area (Å²) in [6, 6.07) is 4.25. The van der Waals surface area contributed by atoms with Crippen molar-refractivity contribution in [2.24, 2.45) is 0 Å². The molecule has 7 heteroatoms. The van der Waals surface area contributed by atoms with E-state index in [1.807, 2.05) is 18.4 Å². The first-order valence-corrected chi connectivity index (χ1v) is 6.87. The molecule has 0 saturated carbocycles. The van der Waals surface area contributed by atoms with Crippen LogP contribution in [0.3, 0.4) is 0 Å². The van der Waals surface area contributed by atoms with Crippen LogP contribution >= 0.6 is 11.3 Å². The predicted octanol–water partition coefficient (Wildman–Crippen LogP) is 1.01. The van der Waals surface area contributed by atoms with Crippen molar-refractivity contribution in [1.82, 2.24) is 19.7 Å². The topological polar surface area (TPSA) is 77.0 Å². The van der Waals surface area contributed by atoms with Crippen LogP contribution in [0.15, 0.2) is 23.8 Å². The van der Waals surface area contributed by atoms with Gasteiger partial charge in [0.25, 0.3) is 0 Å². The lowest BCUT2D eigenvalue weighted by molar-refractivity contribution is -0.132. The Balaban J connectivity index is 1.91. The minimum Gasteiger partial charge on any atom is -0.367 e. The van der Waals surface area contributed by atoms with Gasteiger partial charge in [-0.05, 0) is 18.4 Å². The molecule has 6 nitrogen and oxygen atoms in total. The first kappa shape index (κ1) is 13.5. The fourth-order valence-corrected chi connectivity index (χ4v) is 2.56. The van der Waals surface area contributed by atoms with Gasteiger partial charge < -0.3 is 10.6 Å². The van der Waals surface area contributed by atoms with E-state index in [1.54, 1.807) is 23.3 Å². The number of amides is 1. The average molecular weight is 279 g/mol. The standard InChI is InChI=1S/C12H17N5OS/c1-9(6-10-4-3-5-19-10)16(2)11(18)7-17-8-14-12(13)15-17/h3-5,8-9H,6-7H2,1-2H3,(H2,13,15). The Morgan fingerprint density at radius 1 is 1.63 bits per heavy atom. The van der Waals surface area contributed by atoms with Crippen molar-refractivity contribution in [3.63, 3.8) is 0 Å². The number of carbonyl (C=O) groups is 1. The third kappa shape index (κ3) is 3.54. The summed E-state index contributed by atoms with van der Waals surface area (Å²) in [5, 5.41) is 5.95. The molecule has 102 valence electrons. The number of aromatic nitrogens is 3. The van der Waals surface area contributed by atoms with E-state index in [0.29, 0.717) is 0 Å². The van der Waals surface area contributed by atoms with Crippen molar-refractivity contribution in [3.05, 3.63) is 28.7 Å². The largest absolute Gasteiger partial charge is 0.367 e. The number of hydrogen-bond acceptors (Lipinski definition) is 5. The minimum absolute atomic E-state index is 0.00560. The lowest BCUT2D eigenvalue weighted by atomic mass is 10.2. The van der Waals surface area contributed by atoms with E-state index >= 15 is 0 Å². The number of rotatable bonds is 5. The molecule has 1 unspecified atom stereocenters. The molecule has 0 aliphatic carbocycles. The number of carbonyl (C=O) groups excluding carboxylic acids is 1. The molecule has 0 aliphatic rings. The molecule has 2 aromatic rings. The summed E-state index contributed by atoms with van der Waals surface area (Å²) in [6.45, 7) is 2.20. The molecule has 1 atom stereocenters. The van der Waals surface area contributed by atoms with Gasteiger partial charge in [0.2, 0.25) is 11.9 Å². The van der Waals surface area contributed by atoms with Gasteiger partial charge in [0.15, 0.2) is 0 Å². The number of nitrogens with two attached hydrogens (primary N) is 1. The molecule has 2 N–H and O–H groups in total. The highest BCUT2D eigenvalue weighted by atomic mass is 32.1. The Morgan fingerprint density at radius 2 is 2.42 bits per heavy atom. The van der Waals surface area contributed by atoms with E-state index in [2.05, 4.69) is 16.1 Å². The highest BCUT2D eigenvalue weighted by molar-refractivity contribution is 7.09. The maximum atomic E-state index is 12.1. The molecular weight excluding hydrogens is 262 g/mol. The third-order valence-electron chi connectivity index (χ3n) is 2.98. The quantitative estimate of drug-likeness (QED) is 0.886. The molecule has 19 heavy (non-hydrogen) atoms. The Kier molecular flexibility index (Phi) is 4.16. The number of nitrogens with zero attached hydrogens (tertiary/aromatic N) is 4. The number of thiophene rings is 1. The Bertz CT molecular complexity index is 536. The zero-order valence-corrected chi connectivity index (χ0v) is 11.8. The smallest absolute Gasteiger partial charge is 0.244 e. The van der Waals surface area contributed by atoms with E-state index in [0.717, 1.165) is 6.42 Å². The second kappa shape index (κ2) is 5.83. The van der Waals surface area contributed by atoms with E-state index in [-0.39, 0.29) is 24.4 Å². The summed E-state index contributed by atoms with van der Waals surface area (Å²) in [7, 11) is 1.81. The molecule has 0 bridgehead atoms. The fourth-order valence-electron chi connectivity index (χ4n) is 1.74. The maximum absolute atomic E-state index is 12.1. The van der Waals surface area contributed by atoms with Crippen molar-refractivity contribution in [3.8, 4) is 0 Å². The number of anilines is 1. The van der Waals surface area contributed by atoms with Crippen molar-refractivity contribution >= 4 is 23.2 Å². The molecule has 2 rings (SSSR count). The van der Waals surface area contributed by atoms with E-state index in [1.165, 1.54) is 15.9 Å². The van der Waals surface area contributed by atoms with Crippen LogP contribution in [0.25, 0.3) is 0 Å². The summed E-state index contributed by atoms with van der Waals surface area (Å²) in [6.07, 6.45) is 2.32. The second-order valence-electron chi connectivity index (χ2n) is 4.44. The van der Waals surface area contributed by atoms with Crippen LogP contribution < -0.4 is 5.73 Å². The van der Waals surface area contributed by atoms with Crippen molar-refractivity contribution in [2.75, 3.05) is 12.8 Å². The van der Waals surface area contributed by atoms with Crippen LogP contribution in [0.1, 0.15) is 11.8 Å². The molecule has 0 fully saturated rings. The van der Waals surface area contributed by atoms with Crippen molar-refractivity contribution in [1.29, 1.82) is 0 Å². The molecule has 0 spiro atoms. The van der Waals surface area contributed by atoms with Gasteiger partial charge >= 0.3 is 0 Å². The Morgan fingerprint density at radius 3 is 3.00 bits per heavy atom. The van der Waals surface area contributed by atoms with Crippen LogP contribution in [0, 0.1) is 0 Å². The zero-order valence-electron chi connectivity index (χ0n) is 11.0. The number of nitrogen functional groups attached to an aromatic ring is 1. The molecule has 1 amide bonds. The van der Waals surface area contributed by atoms with Gasteiger partial charge in [-0.3, -0.25) is 4.79 Å². The Hall–Kier alpha value is -1.89. The van der Waals surface area contributed by atoms with Crippen molar-refractivity contribution < 1.29 is 4.79 Å². The van der Waals surface area contributed by atoms with Crippen LogP contribution in [0.2, 0.25) is 0 Å². The molecule has 0 radical (unpaired) electrons. The molecule has 2 aromatic heterocycles. The second-order valence-corrected chi connectivity index (χ2v) is 5.47. The van der Waals surface area contributed by atoms with E-state index in [9.17, 15) is 4.79 Å². The number of hydrogen-bond donors (Lipinski definition) is 1. The van der Waals surface area contributed by atoms with E-state index in [4.69, 9.17) is 5.73 Å². The third-order valence-corrected chi connectivity index (χ3v) is 3.88. The zero-order chi connectivity index (χ0) is 13.8. The fraction of sp³-hybridized carbons (Fsp3) is 0.417. The molecule has 0 aromatic carbocycles. The van der Waals surface area contributed by atoms with Gasteiger partial charge in [0.1, 0.15) is 12.9 Å². The van der Waals surface area contributed by atoms with Gasteiger partial charge in [0.05, 0.1) is 0 Å². The minimum atomic E-state index is -0.00560. The molecule has 0 saturated heterocycles. The summed E-state index contributed by atoms with van der Waals surface area (Å²) in [5.41, 5.74) is 5.41. The monoisotopic (exact) mass is 279 g/mol. The SMILES string of the molecule is CC(Cc1cccs1)N(C)C(=O)Cn1cnc(N)n1. The average Bonchev–Trinajstić information content (AvgIpc) is 3.00. The van der Waals surface area contributed by atoms with Crippen LogP contribution in [-0.4, -0.2) is 38.7 Å². The first-order valence-electron chi connectivity index (χ1n) is 5.99. The van der Waals surface area contributed by atoms with Gasteiger partial charge in [0, 0.05) is 24.4 Å². The van der Waals surface area contributed by atoms with Crippen LogP contribution in [0.5, 0.6) is 0 Å². The lowest BCUT2D eigenvalue weighted by Gasteiger charge is -2.24. The normalized spacial score (nSPS) is 12.3. The van der Waals surface area contributed by atoms with Crippen LogP contribution in [0.4, 0.5) is 5.95 Å². The Labute approximate surface area is 115 Å². The van der Waals surface area contributed by atoms with Crippen molar-refractivity contribution in [2.45, 2.75) is 25.9 Å². The molecule has 0 aliphatic heterocycles. The van der Waals surface area contributed by atoms with Gasteiger partial charge in [-0.2, -0.15) is 0 Å². The summed E-state index contributed by atoms with van der Waals surface area (Å²) in [5.74, 6) is 0.177. The predicted molar refractivity (Wildman–Crippen MR) is 74.7 cm³/mol. The summed E-state index contributed by atoms with van der Waals surface area (Å²) in [4.78, 5) is 18.9.